The minimum absolute atomic E-state index is 0.113. The smallest absolute Gasteiger partial charge is 0.187 e. The van der Waals surface area contributed by atoms with Gasteiger partial charge in [-0.25, -0.2) is 9.97 Å². The van der Waals surface area contributed by atoms with Crippen LogP contribution in [0.5, 0.6) is 5.75 Å². The van der Waals surface area contributed by atoms with Gasteiger partial charge in [-0.05, 0) is 6.92 Å². The van der Waals surface area contributed by atoms with Gasteiger partial charge in [0.2, 0.25) is 0 Å². The minimum Gasteiger partial charge on any atom is -0.504 e. The van der Waals surface area contributed by atoms with Gasteiger partial charge >= 0.3 is 0 Å². The van der Waals surface area contributed by atoms with Crippen LogP contribution in [-0.4, -0.2) is 20.9 Å². The molecule has 13 heavy (non-hydrogen) atoms. The number of aryl methyl sites for hydroxylation is 1. The summed E-state index contributed by atoms with van der Waals surface area (Å²) < 4.78 is 0. The molecular formula is C9H12N2O2. The van der Waals surface area contributed by atoms with Crippen molar-refractivity contribution in [2.45, 2.75) is 20.8 Å². The van der Waals surface area contributed by atoms with Crippen molar-refractivity contribution in [3.63, 3.8) is 0 Å². The molecule has 0 spiro atoms. The first-order valence-corrected chi connectivity index (χ1v) is 4.09. The Morgan fingerprint density at radius 1 is 1.54 bits per heavy atom. The van der Waals surface area contributed by atoms with Gasteiger partial charge in [0.25, 0.3) is 0 Å². The molecular weight excluding hydrogens is 168 g/mol. The van der Waals surface area contributed by atoms with E-state index in [0.29, 0.717) is 5.82 Å². The van der Waals surface area contributed by atoms with Gasteiger partial charge in [-0.3, -0.25) is 4.79 Å². The number of ketones is 1. The van der Waals surface area contributed by atoms with Crippen LogP contribution in [0.25, 0.3) is 0 Å². The number of nitrogens with zero attached hydrogens (tertiary/aromatic N) is 2. The zero-order valence-corrected chi connectivity index (χ0v) is 7.90. The molecule has 0 aliphatic rings. The Labute approximate surface area is 76.7 Å². The van der Waals surface area contributed by atoms with Gasteiger partial charge in [-0.15, -0.1) is 0 Å². The maximum Gasteiger partial charge on any atom is 0.187 e. The van der Waals surface area contributed by atoms with E-state index in [4.69, 9.17) is 0 Å². The van der Waals surface area contributed by atoms with Crippen LogP contribution in [0.1, 0.15) is 30.2 Å². The topological polar surface area (TPSA) is 63.1 Å². The van der Waals surface area contributed by atoms with Crippen LogP contribution in [0.15, 0.2) is 6.20 Å². The molecule has 0 aromatic carbocycles. The van der Waals surface area contributed by atoms with Crippen LogP contribution in [0, 0.1) is 12.8 Å². The van der Waals surface area contributed by atoms with E-state index in [1.165, 1.54) is 6.20 Å². The maximum absolute atomic E-state index is 11.5. The molecule has 1 aromatic rings. The lowest BCUT2D eigenvalue weighted by Crippen LogP contribution is -2.11. The van der Waals surface area contributed by atoms with Gasteiger partial charge in [0.1, 0.15) is 5.82 Å². The highest BCUT2D eigenvalue weighted by atomic mass is 16.3. The summed E-state index contributed by atoms with van der Waals surface area (Å²) >= 11 is 0. The third-order valence-electron chi connectivity index (χ3n) is 1.65. The molecule has 0 bridgehead atoms. The van der Waals surface area contributed by atoms with E-state index in [2.05, 4.69) is 9.97 Å². The van der Waals surface area contributed by atoms with Gasteiger partial charge in [0.15, 0.2) is 17.2 Å². The Hall–Kier alpha value is -1.45. The molecule has 1 heterocycles. The van der Waals surface area contributed by atoms with Crippen molar-refractivity contribution in [3.8, 4) is 5.75 Å². The second kappa shape index (κ2) is 3.51. The lowest BCUT2D eigenvalue weighted by Gasteiger charge is -2.05. The van der Waals surface area contributed by atoms with Crippen LogP contribution >= 0.6 is 0 Å². The zero-order valence-electron chi connectivity index (χ0n) is 7.90. The van der Waals surface area contributed by atoms with Gasteiger partial charge < -0.3 is 5.11 Å². The molecule has 1 rings (SSSR count). The minimum atomic E-state index is -0.166. The number of hydrogen-bond acceptors (Lipinski definition) is 4. The molecule has 4 nitrogen and oxygen atoms in total. The number of carbonyl (C=O) groups excluding carboxylic acids is 1. The SMILES string of the molecule is Cc1ncc(O)c(C(=O)C(C)C)n1. The van der Waals surface area contributed by atoms with Crippen molar-refractivity contribution in [2.75, 3.05) is 0 Å². The molecule has 0 saturated carbocycles. The van der Waals surface area contributed by atoms with Crippen molar-refractivity contribution < 1.29 is 9.90 Å². The van der Waals surface area contributed by atoms with Crippen molar-refractivity contribution >= 4 is 5.78 Å². The van der Waals surface area contributed by atoms with Crippen molar-refractivity contribution in [1.82, 2.24) is 9.97 Å². The summed E-state index contributed by atoms with van der Waals surface area (Å²) in [5.74, 6) is 0.00861. The van der Waals surface area contributed by atoms with E-state index in [-0.39, 0.29) is 23.1 Å². The summed E-state index contributed by atoms with van der Waals surface area (Å²) in [7, 11) is 0. The Morgan fingerprint density at radius 2 is 2.15 bits per heavy atom. The van der Waals surface area contributed by atoms with Gasteiger partial charge in [-0.2, -0.15) is 0 Å². The fourth-order valence-corrected chi connectivity index (χ4v) is 0.918. The monoisotopic (exact) mass is 180 g/mol. The fraction of sp³-hybridized carbons (Fsp3) is 0.444. The average molecular weight is 180 g/mol. The second-order valence-electron chi connectivity index (χ2n) is 3.17. The first-order chi connectivity index (χ1) is 6.02. The predicted molar refractivity (Wildman–Crippen MR) is 47.6 cm³/mol. The summed E-state index contributed by atoms with van der Waals surface area (Å²) in [4.78, 5) is 19.1. The van der Waals surface area contributed by atoms with Crippen LogP contribution < -0.4 is 0 Å². The molecule has 0 saturated heterocycles. The van der Waals surface area contributed by atoms with Gasteiger partial charge in [-0.1, -0.05) is 13.8 Å². The quantitative estimate of drug-likeness (QED) is 0.697. The van der Waals surface area contributed by atoms with E-state index >= 15 is 0 Å². The number of carbonyl (C=O) groups is 1. The summed E-state index contributed by atoms with van der Waals surface area (Å²) in [6, 6.07) is 0. The maximum atomic E-state index is 11.5. The molecule has 0 atom stereocenters. The molecule has 0 radical (unpaired) electrons. The highest BCUT2D eigenvalue weighted by molar-refractivity contribution is 5.97. The first kappa shape index (κ1) is 9.64. The Balaban J connectivity index is 3.13. The van der Waals surface area contributed by atoms with Crippen molar-refractivity contribution in [1.29, 1.82) is 0 Å². The first-order valence-electron chi connectivity index (χ1n) is 4.09. The summed E-state index contributed by atoms with van der Waals surface area (Å²) in [5, 5.41) is 9.31. The number of aromatic nitrogens is 2. The van der Waals surface area contributed by atoms with E-state index < -0.39 is 0 Å². The Kier molecular flexibility index (Phi) is 2.60. The summed E-state index contributed by atoms with van der Waals surface area (Å²) in [6.45, 7) is 5.20. The van der Waals surface area contributed by atoms with E-state index in [1.54, 1.807) is 20.8 Å². The third kappa shape index (κ3) is 2.02. The molecule has 0 unspecified atom stereocenters. The molecule has 0 amide bonds. The third-order valence-corrected chi connectivity index (χ3v) is 1.65. The summed E-state index contributed by atoms with van der Waals surface area (Å²) in [5.41, 5.74) is 0.113. The Bertz CT molecular complexity index is 334. The van der Waals surface area contributed by atoms with Crippen LogP contribution in [0.2, 0.25) is 0 Å². The van der Waals surface area contributed by atoms with E-state index in [1.807, 2.05) is 0 Å². The number of rotatable bonds is 2. The zero-order chi connectivity index (χ0) is 10.0. The fourth-order valence-electron chi connectivity index (χ4n) is 0.918. The highest BCUT2D eigenvalue weighted by Gasteiger charge is 2.16. The highest BCUT2D eigenvalue weighted by Crippen LogP contribution is 2.16. The standard InChI is InChI=1S/C9H12N2O2/c1-5(2)9(13)8-7(12)4-10-6(3)11-8/h4-5,12H,1-3H3. The lowest BCUT2D eigenvalue weighted by atomic mass is 10.1. The molecule has 4 heteroatoms. The Morgan fingerprint density at radius 3 is 2.69 bits per heavy atom. The normalized spacial score (nSPS) is 10.5. The molecule has 1 aromatic heterocycles. The predicted octanol–water partition coefficient (Wildman–Crippen LogP) is 1.33. The van der Waals surface area contributed by atoms with Crippen LogP contribution in [0.4, 0.5) is 0 Å². The molecule has 1 N–H and O–H groups in total. The second-order valence-corrected chi connectivity index (χ2v) is 3.17. The number of aromatic hydroxyl groups is 1. The van der Waals surface area contributed by atoms with Crippen molar-refractivity contribution in [3.05, 3.63) is 17.7 Å². The molecule has 70 valence electrons. The largest absolute Gasteiger partial charge is 0.504 e. The number of hydrogen-bond donors (Lipinski definition) is 1. The van der Waals surface area contributed by atoms with E-state index in [0.717, 1.165) is 0 Å². The van der Waals surface area contributed by atoms with E-state index in [9.17, 15) is 9.90 Å². The van der Waals surface area contributed by atoms with Crippen molar-refractivity contribution in [2.24, 2.45) is 5.92 Å². The lowest BCUT2D eigenvalue weighted by molar-refractivity contribution is 0.0931. The van der Waals surface area contributed by atoms with Gasteiger partial charge in [0, 0.05) is 5.92 Å². The summed E-state index contributed by atoms with van der Waals surface area (Å²) in [6.07, 6.45) is 1.25. The average Bonchev–Trinajstić information content (AvgIpc) is 2.08. The van der Waals surface area contributed by atoms with Crippen LogP contribution in [0.3, 0.4) is 0 Å². The van der Waals surface area contributed by atoms with Gasteiger partial charge in [0.05, 0.1) is 6.20 Å². The molecule has 0 aliphatic carbocycles. The van der Waals surface area contributed by atoms with Crippen LogP contribution in [-0.2, 0) is 0 Å². The molecule has 0 aliphatic heterocycles. The molecule has 0 fully saturated rings. The number of Topliss-reactive ketones (excluding diaryl/α,β-unsaturated/α-hetero) is 1.